The van der Waals surface area contributed by atoms with Crippen molar-refractivity contribution in [1.82, 2.24) is 9.71 Å². The maximum absolute atomic E-state index is 12.0. The van der Waals surface area contributed by atoms with Gasteiger partial charge in [0.25, 0.3) is 5.91 Å². The molecule has 3 heterocycles. The quantitative estimate of drug-likeness (QED) is 0.419. The summed E-state index contributed by atoms with van der Waals surface area (Å²) >= 11 is 0. The number of amides is 1. The smallest absolute Gasteiger partial charge is 0.326 e. The summed E-state index contributed by atoms with van der Waals surface area (Å²) in [7, 11) is -3.87. The zero-order valence-electron chi connectivity index (χ0n) is 20.8. The molecule has 1 atom stereocenters. The second kappa shape index (κ2) is 10.0. The average Bonchev–Trinajstić information content (AvgIpc) is 3.39. The predicted octanol–water partition coefficient (Wildman–Crippen LogP) is 3.11. The summed E-state index contributed by atoms with van der Waals surface area (Å²) in [5.74, 6) is 1.94. The Morgan fingerprint density at radius 2 is 1.89 bits per heavy atom. The maximum Gasteiger partial charge on any atom is 0.326 e. The van der Waals surface area contributed by atoms with Gasteiger partial charge in [0.1, 0.15) is 24.7 Å². The number of nitrogens with zero attached hydrogens (tertiary/aromatic N) is 2. The number of fused-ring (bicyclic) bond motifs is 1. The van der Waals surface area contributed by atoms with Crippen LogP contribution in [0.4, 0.5) is 5.69 Å². The number of ether oxygens (including phenoxy) is 4. The second-order valence-corrected chi connectivity index (χ2v) is 11.1. The number of carbonyl (C=O) groups is 1. The number of para-hydroxylation sites is 1. The maximum atomic E-state index is 12.0. The van der Waals surface area contributed by atoms with Crippen LogP contribution in [-0.2, 0) is 15.0 Å². The molecule has 0 saturated carbocycles. The number of hydrogen-bond donors (Lipinski definition) is 2. The summed E-state index contributed by atoms with van der Waals surface area (Å²) in [4.78, 5) is 15.7. The Balaban J connectivity index is 1.23. The van der Waals surface area contributed by atoms with Crippen LogP contribution in [0.1, 0.15) is 31.9 Å². The molecule has 0 unspecified atom stereocenters. The highest BCUT2D eigenvalue weighted by atomic mass is 32.2. The molecule has 11 nitrogen and oxygen atoms in total. The van der Waals surface area contributed by atoms with E-state index in [0.29, 0.717) is 47.6 Å². The van der Waals surface area contributed by atoms with Crippen LogP contribution >= 0.6 is 0 Å². The number of anilines is 1. The summed E-state index contributed by atoms with van der Waals surface area (Å²) in [5.41, 5.74) is 0.359. The van der Waals surface area contributed by atoms with E-state index in [4.69, 9.17) is 18.9 Å². The van der Waals surface area contributed by atoms with E-state index in [0.717, 1.165) is 9.87 Å². The molecular formula is C26H27N3O8S. The van der Waals surface area contributed by atoms with Crippen LogP contribution in [0.15, 0.2) is 60.8 Å². The van der Waals surface area contributed by atoms with Gasteiger partial charge in [-0.3, -0.25) is 4.79 Å². The number of benzene rings is 2. The molecule has 200 valence electrons. The molecule has 1 fully saturated rings. The van der Waals surface area contributed by atoms with Crippen LogP contribution in [0.2, 0.25) is 0 Å². The van der Waals surface area contributed by atoms with Crippen molar-refractivity contribution in [3.8, 4) is 28.9 Å². The van der Waals surface area contributed by atoms with Crippen LogP contribution in [0.3, 0.4) is 0 Å². The van der Waals surface area contributed by atoms with Crippen molar-refractivity contribution in [1.29, 1.82) is 0 Å². The van der Waals surface area contributed by atoms with Crippen molar-refractivity contribution in [3.05, 3.63) is 66.4 Å². The van der Waals surface area contributed by atoms with Gasteiger partial charge in [0.15, 0.2) is 17.6 Å². The molecule has 0 bridgehead atoms. The summed E-state index contributed by atoms with van der Waals surface area (Å²) in [6.07, 6.45) is 1.63. The molecule has 0 spiro atoms. The number of nitrogens with one attached hydrogen (secondary N) is 1. The first-order chi connectivity index (χ1) is 18.1. The molecule has 5 rings (SSSR count). The van der Waals surface area contributed by atoms with Gasteiger partial charge in [-0.2, -0.15) is 8.42 Å². The van der Waals surface area contributed by atoms with Gasteiger partial charge in [-0.25, -0.2) is 14.0 Å². The highest BCUT2D eigenvalue weighted by Gasteiger charge is 2.34. The van der Waals surface area contributed by atoms with E-state index in [1.54, 1.807) is 62.5 Å². The third-order valence-corrected chi connectivity index (χ3v) is 7.27. The van der Waals surface area contributed by atoms with Crippen LogP contribution in [0, 0.1) is 0 Å². The molecule has 0 aliphatic carbocycles. The topological polar surface area (TPSA) is 137 Å². The minimum absolute atomic E-state index is 0.261. The Kier molecular flexibility index (Phi) is 6.76. The van der Waals surface area contributed by atoms with E-state index in [9.17, 15) is 18.3 Å². The van der Waals surface area contributed by atoms with Crippen molar-refractivity contribution in [2.75, 3.05) is 24.1 Å². The SMILES string of the molecule is CC(C)(O)CCOc1ccc(Oc2cccc3c2OC[C@H]3Oc2ccc(N3CC(=O)NS3(=O)=O)cc2)cn1. The zero-order chi connectivity index (χ0) is 26.9. The fourth-order valence-electron chi connectivity index (χ4n) is 3.94. The molecular weight excluding hydrogens is 514 g/mol. The van der Waals surface area contributed by atoms with E-state index in [1.807, 2.05) is 16.9 Å². The monoisotopic (exact) mass is 541 g/mol. The first kappa shape index (κ1) is 25.6. The average molecular weight is 542 g/mol. The van der Waals surface area contributed by atoms with E-state index in [2.05, 4.69) is 4.98 Å². The van der Waals surface area contributed by atoms with E-state index >= 15 is 0 Å². The molecule has 1 saturated heterocycles. The highest BCUT2D eigenvalue weighted by Crippen LogP contribution is 2.43. The van der Waals surface area contributed by atoms with Crippen molar-refractivity contribution in [3.63, 3.8) is 0 Å². The van der Waals surface area contributed by atoms with Gasteiger partial charge < -0.3 is 24.1 Å². The lowest BCUT2D eigenvalue weighted by Crippen LogP contribution is -2.29. The Morgan fingerprint density at radius 3 is 2.55 bits per heavy atom. The number of carbonyl (C=O) groups excluding carboxylic acids is 1. The fraction of sp³-hybridized carbons (Fsp3) is 0.308. The Bertz CT molecular complexity index is 1420. The predicted molar refractivity (Wildman–Crippen MR) is 137 cm³/mol. The molecule has 12 heteroatoms. The number of rotatable bonds is 9. The van der Waals surface area contributed by atoms with Crippen molar-refractivity contribution in [2.45, 2.75) is 32.0 Å². The lowest BCUT2D eigenvalue weighted by atomic mass is 10.1. The molecule has 2 N–H and O–H groups in total. The van der Waals surface area contributed by atoms with Gasteiger partial charge in [-0.1, -0.05) is 12.1 Å². The molecule has 2 aliphatic rings. The highest BCUT2D eigenvalue weighted by molar-refractivity contribution is 7.92. The third-order valence-electron chi connectivity index (χ3n) is 5.86. The lowest BCUT2D eigenvalue weighted by molar-refractivity contribution is -0.117. The summed E-state index contributed by atoms with van der Waals surface area (Å²) in [6.45, 7) is 3.79. The van der Waals surface area contributed by atoms with E-state index in [1.165, 1.54) is 0 Å². The Morgan fingerprint density at radius 1 is 1.13 bits per heavy atom. The molecule has 3 aromatic rings. The third kappa shape index (κ3) is 5.76. The number of hydrogen-bond acceptors (Lipinski definition) is 9. The van der Waals surface area contributed by atoms with Crippen molar-refractivity contribution < 1.29 is 37.3 Å². The fourth-order valence-corrected chi connectivity index (χ4v) is 5.09. The molecule has 2 aliphatic heterocycles. The molecule has 1 aromatic heterocycles. The largest absolute Gasteiger partial charge is 0.485 e. The summed E-state index contributed by atoms with van der Waals surface area (Å²) < 4.78 is 50.6. The molecule has 38 heavy (non-hydrogen) atoms. The Labute approximate surface area is 220 Å². The minimum atomic E-state index is -3.87. The molecule has 0 radical (unpaired) electrons. The normalized spacial score (nSPS) is 17.9. The van der Waals surface area contributed by atoms with Crippen LogP contribution in [0.25, 0.3) is 0 Å². The molecule has 1 amide bonds. The van der Waals surface area contributed by atoms with Gasteiger partial charge in [0.2, 0.25) is 5.88 Å². The lowest BCUT2D eigenvalue weighted by Gasteiger charge is -2.17. The van der Waals surface area contributed by atoms with Crippen LogP contribution < -0.4 is 28.0 Å². The van der Waals surface area contributed by atoms with Gasteiger partial charge in [0, 0.05) is 18.1 Å². The Hall–Kier alpha value is -4.03. The second-order valence-electron chi connectivity index (χ2n) is 9.47. The van der Waals surface area contributed by atoms with Crippen molar-refractivity contribution >= 4 is 21.8 Å². The van der Waals surface area contributed by atoms with E-state index < -0.39 is 27.8 Å². The van der Waals surface area contributed by atoms with Gasteiger partial charge >= 0.3 is 10.2 Å². The number of aromatic nitrogens is 1. The molecule has 2 aromatic carbocycles. The summed E-state index contributed by atoms with van der Waals surface area (Å²) in [6, 6.07) is 15.4. The summed E-state index contributed by atoms with van der Waals surface area (Å²) in [5, 5.41) is 9.78. The standard InChI is InChI=1S/C26H27N3O8S/c1-26(2,31)12-13-34-24-11-10-19(14-27-24)37-21-5-3-4-20-22(16-35-25(20)21)36-18-8-6-17(7-9-18)29-15-23(30)28-38(29,32)33/h3-11,14,22,31H,12-13,15-16H2,1-2H3,(H,28,30)/t22-/m1/s1. The van der Waals surface area contributed by atoms with Crippen molar-refractivity contribution in [2.24, 2.45) is 0 Å². The first-order valence-electron chi connectivity index (χ1n) is 11.9. The van der Waals surface area contributed by atoms with Crippen LogP contribution in [-0.4, -0.2) is 49.8 Å². The van der Waals surface area contributed by atoms with Crippen LogP contribution in [0.5, 0.6) is 28.9 Å². The first-order valence-corrected chi connectivity index (χ1v) is 13.4. The van der Waals surface area contributed by atoms with Gasteiger partial charge in [0.05, 0.1) is 24.1 Å². The zero-order valence-corrected chi connectivity index (χ0v) is 21.6. The van der Waals surface area contributed by atoms with Gasteiger partial charge in [-0.15, -0.1) is 0 Å². The number of pyridine rings is 1. The van der Waals surface area contributed by atoms with Gasteiger partial charge in [-0.05, 0) is 50.2 Å². The number of aliphatic hydroxyl groups is 1. The van der Waals surface area contributed by atoms with E-state index in [-0.39, 0.29) is 13.2 Å². The minimum Gasteiger partial charge on any atom is -0.485 e.